The molecule has 5 heteroatoms. The van der Waals surface area contributed by atoms with Crippen molar-refractivity contribution in [2.24, 2.45) is 5.10 Å². The van der Waals surface area contributed by atoms with Crippen molar-refractivity contribution in [1.29, 1.82) is 0 Å². The van der Waals surface area contributed by atoms with Crippen molar-refractivity contribution >= 4 is 11.9 Å². The van der Waals surface area contributed by atoms with E-state index >= 15 is 0 Å². The lowest BCUT2D eigenvalue weighted by Crippen LogP contribution is -2.07. The number of hydrazone groups is 1. The van der Waals surface area contributed by atoms with Gasteiger partial charge in [0, 0.05) is 18.7 Å². The zero-order chi connectivity index (χ0) is 16.4. The van der Waals surface area contributed by atoms with Crippen molar-refractivity contribution in [3.05, 3.63) is 71.7 Å². The minimum Gasteiger partial charge on any atom is -0.444 e. The number of hydrogen-bond acceptors (Lipinski definition) is 5. The van der Waals surface area contributed by atoms with Gasteiger partial charge >= 0.3 is 0 Å². The Bertz CT molecular complexity index is 854. The summed E-state index contributed by atoms with van der Waals surface area (Å²) in [5, 5.41) is 4.32. The fourth-order valence-electron chi connectivity index (χ4n) is 2.91. The van der Waals surface area contributed by atoms with Gasteiger partial charge < -0.3 is 4.42 Å². The van der Waals surface area contributed by atoms with Gasteiger partial charge in [-0.1, -0.05) is 12.1 Å². The highest BCUT2D eigenvalue weighted by molar-refractivity contribution is 5.80. The number of rotatable bonds is 4. The molecular weight excluding hydrogens is 300 g/mol. The number of anilines is 1. The van der Waals surface area contributed by atoms with E-state index in [1.807, 2.05) is 30.5 Å². The maximum absolute atomic E-state index is 5.28. The monoisotopic (exact) mass is 318 g/mol. The molecule has 3 aromatic rings. The third kappa shape index (κ3) is 3.07. The fraction of sp³-hybridized carbons (Fsp3) is 0.158. The second-order valence-corrected chi connectivity index (χ2v) is 6.01. The molecule has 5 nitrogen and oxygen atoms in total. The Morgan fingerprint density at radius 3 is 2.75 bits per heavy atom. The van der Waals surface area contributed by atoms with E-state index in [1.165, 1.54) is 17.5 Å². The van der Waals surface area contributed by atoms with Crippen LogP contribution in [-0.2, 0) is 13.1 Å². The van der Waals surface area contributed by atoms with Crippen LogP contribution in [-0.4, -0.2) is 23.1 Å². The van der Waals surface area contributed by atoms with Crippen LogP contribution < -0.4 is 5.43 Å². The van der Waals surface area contributed by atoms with E-state index in [0.29, 0.717) is 0 Å². The summed E-state index contributed by atoms with van der Waals surface area (Å²) in [6, 6.07) is 14.4. The normalized spacial score (nSPS) is 14.2. The van der Waals surface area contributed by atoms with Gasteiger partial charge in [0.25, 0.3) is 0 Å². The van der Waals surface area contributed by atoms with Crippen LogP contribution in [0.1, 0.15) is 16.7 Å². The van der Waals surface area contributed by atoms with Crippen LogP contribution in [0.3, 0.4) is 0 Å². The van der Waals surface area contributed by atoms with Gasteiger partial charge in [-0.05, 0) is 54.1 Å². The van der Waals surface area contributed by atoms with Crippen molar-refractivity contribution < 1.29 is 4.42 Å². The van der Waals surface area contributed by atoms with Crippen molar-refractivity contribution in [2.75, 3.05) is 12.5 Å². The van der Waals surface area contributed by atoms with E-state index in [2.05, 4.69) is 45.7 Å². The minimum absolute atomic E-state index is 0.758. The molecule has 0 atom stereocenters. The third-order valence-corrected chi connectivity index (χ3v) is 4.12. The van der Waals surface area contributed by atoms with Gasteiger partial charge in [-0.2, -0.15) is 5.10 Å². The van der Waals surface area contributed by atoms with Crippen LogP contribution in [0, 0.1) is 0 Å². The van der Waals surface area contributed by atoms with E-state index in [-0.39, 0.29) is 0 Å². The number of oxazole rings is 1. The van der Waals surface area contributed by atoms with Crippen LogP contribution in [0.2, 0.25) is 0 Å². The molecule has 1 aliphatic heterocycles. The largest absolute Gasteiger partial charge is 0.444 e. The van der Waals surface area contributed by atoms with Crippen molar-refractivity contribution in [3.8, 4) is 11.3 Å². The average molecular weight is 318 g/mol. The van der Waals surface area contributed by atoms with Gasteiger partial charge in [0.2, 0.25) is 0 Å². The highest BCUT2D eigenvalue weighted by atomic mass is 16.3. The van der Waals surface area contributed by atoms with Gasteiger partial charge in [-0.3, -0.25) is 10.3 Å². The Hall–Kier alpha value is -2.92. The molecule has 0 fully saturated rings. The lowest BCUT2D eigenvalue weighted by molar-refractivity contribution is 0.353. The SMILES string of the molecule is CN1Cc2ccc(C=NNc3ccc(-c4cnco4)cc3)cc2C1. The molecule has 0 aliphatic carbocycles. The highest BCUT2D eigenvalue weighted by Gasteiger charge is 2.14. The molecule has 120 valence electrons. The Labute approximate surface area is 140 Å². The van der Waals surface area contributed by atoms with Crippen molar-refractivity contribution in [2.45, 2.75) is 13.1 Å². The van der Waals surface area contributed by atoms with E-state index in [1.54, 1.807) is 6.20 Å². The molecule has 0 radical (unpaired) electrons. The predicted molar refractivity (Wildman–Crippen MR) is 94.8 cm³/mol. The first-order chi connectivity index (χ1) is 11.8. The topological polar surface area (TPSA) is 53.7 Å². The Morgan fingerprint density at radius 2 is 1.96 bits per heavy atom. The first-order valence-electron chi connectivity index (χ1n) is 7.86. The first kappa shape index (κ1) is 14.7. The zero-order valence-corrected chi connectivity index (χ0v) is 13.4. The molecule has 1 aliphatic rings. The number of benzene rings is 2. The molecule has 0 amide bonds. The Morgan fingerprint density at radius 1 is 1.12 bits per heavy atom. The maximum Gasteiger partial charge on any atom is 0.181 e. The maximum atomic E-state index is 5.28. The summed E-state index contributed by atoms with van der Waals surface area (Å²) < 4.78 is 5.28. The zero-order valence-electron chi connectivity index (χ0n) is 13.4. The van der Waals surface area contributed by atoms with Gasteiger partial charge in [-0.15, -0.1) is 0 Å². The van der Waals surface area contributed by atoms with Gasteiger partial charge in [0.15, 0.2) is 12.2 Å². The van der Waals surface area contributed by atoms with Crippen molar-refractivity contribution in [1.82, 2.24) is 9.88 Å². The summed E-state index contributed by atoms with van der Waals surface area (Å²) in [5.74, 6) is 0.758. The average Bonchev–Trinajstić information content (AvgIpc) is 3.24. The molecule has 0 saturated carbocycles. The van der Waals surface area contributed by atoms with Gasteiger partial charge in [-0.25, -0.2) is 4.98 Å². The second-order valence-electron chi connectivity index (χ2n) is 6.01. The summed E-state index contributed by atoms with van der Waals surface area (Å²) in [7, 11) is 2.14. The number of aromatic nitrogens is 1. The van der Waals surface area contributed by atoms with Crippen molar-refractivity contribution in [3.63, 3.8) is 0 Å². The molecule has 24 heavy (non-hydrogen) atoms. The minimum atomic E-state index is 0.758. The smallest absolute Gasteiger partial charge is 0.181 e. The van der Waals surface area contributed by atoms with E-state index in [0.717, 1.165) is 35.7 Å². The van der Waals surface area contributed by atoms with E-state index in [4.69, 9.17) is 4.42 Å². The summed E-state index contributed by atoms with van der Waals surface area (Å²) in [4.78, 5) is 6.23. The van der Waals surface area contributed by atoms with Crippen LogP contribution >= 0.6 is 0 Å². The molecule has 0 spiro atoms. The molecule has 2 heterocycles. The number of nitrogens with one attached hydrogen (secondary N) is 1. The summed E-state index contributed by atoms with van der Waals surface area (Å²) in [6.45, 7) is 2.04. The van der Waals surface area contributed by atoms with E-state index < -0.39 is 0 Å². The molecular formula is C19H18N4O. The Kier molecular flexibility index (Phi) is 3.84. The molecule has 0 unspecified atom stereocenters. The molecule has 1 aromatic heterocycles. The number of hydrogen-bond donors (Lipinski definition) is 1. The quantitative estimate of drug-likeness (QED) is 0.588. The van der Waals surface area contributed by atoms with Gasteiger partial charge in [0.1, 0.15) is 0 Å². The standard InChI is InChI=1S/C19H18N4O/c1-23-11-16-3-2-14(8-17(16)12-23)9-21-22-18-6-4-15(5-7-18)19-10-20-13-24-19/h2-10,13,22H,11-12H2,1H3. The molecule has 2 aromatic carbocycles. The summed E-state index contributed by atoms with van der Waals surface area (Å²) >= 11 is 0. The Balaban J connectivity index is 1.41. The number of nitrogens with zero attached hydrogens (tertiary/aromatic N) is 3. The lowest BCUT2D eigenvalue weighted by Gasteiger charge is -2.03. The van der Waals surface area contributed by atoms with Crippen LogP contribution in [0.25, 0.3) is 11.3 Å². The summed E-state index contributed by atoms with van der Waals surface area (Å²) in [6.07, 6.45) is 4.98. The predicted octanol–water partition coefficient (Wildman–Crippen LogP) is 3.73. The van der Waals surface area contributed by atoms with E-state index in [9.17, 15) is 0 Å². The molecule has 1 N–H and O–H groups in total. The lowest BCUT2D eigenvalue weighted by atomic mass is 10.1. The van der Waals surface area contributed by atoms with Gasteiger partial charge in [0.05, 0.1) is 18.1 Å². The number of fused-ring (bicyclic) bond motifs is 1. The molecule has 0 saturated heterocycles. The molecule has 4 rings (SSSR count). The van der Waals surface area contributed by atoms with Crippen LogP contribution in [0.15, 0.2) is 64.6 Å². The second kappa shape index (κ2) is 6.29. The third-order valence-electron chi connectivity index (χ3n) is 4.12. The molecule has 0 bridgehead atoms. The fourth-order valence-corrected chi connectivity index (χ4v) is 2.91. The first-order valence-corrected chi connectivity index (χ1v) is 7.86. The summed E-state index contributed by atoms with van der Waals surface area (Å²) in [5.41, 5.74) is 8.87. The van der Waals surface area contributed by atoms with Crippen LogP contribution in [0.4, 0.5) is 5.69 Å². The highest BCUT2D eigenvalue weighted by Crippen LogP contribution is 2.22. The van der Waals surface area contributed by atoms with Crippen LogP contribution in [0.5, 0.6) is 0 Å².